The van der Waals surface area contributed by atoms with Crippen LogP contribution in [-0.4, -0.2) is 24.6 Å². The van der Waals surface area contributed by atoms with Crippen molar-refractivity contribution >= 4 is 17.6 Å². The number of nitrogens with one attached hydrogen (secondary N) is 1. The first kappa shape index (κ1) is 20.0. The standard InChI is InChI=1S/C21H22N2O4/c1-14(2)17-9-5-7-11-19(17)26-13-20(24)27-15(3)21(25)23-18-10-6-4-8-16(18)12-22/h4-11,14-15H,13H2,1-3H3,(H,23,25)/t15-/m1/s1. The van der Waals surface area contributed by atoms with Crippen LogP contribution >= 0.6 is 0 Å². The molecule has 0 saturated carbocycles. The molecule has 1 amide bonds. The van der Waals surface area contributed by atoms with Crippen LogP contribution in [0.4, 0.5) is 5.69 Å². The summed E-state index contributed by atoms with van der Waals surface area (Å²) in [6.45, 7) is 5.23. The average molecular weight is 366 g/mol. The SMILES string of the molecule is CC(C)c1ccccc1OCC(=O)O[C@H](C)C(=O)Nc1ccccc1C#N. The molecule has 0 aliphatic carbocycles. The number of hydrogen-bond donors (Lipinski definition) is 1. The van der Waals surface area contributed by atoms with Crippen LogP contribution in [0.1, 0.15) is 37.8 Å². The second kappa shape index (κ2) is 9.39. The largest absolute Gasteiger partial charge is 0.482 e. The number of esters is 1. The van der Waals surface area contributed by atoms with Crippen molar-refractivity contribution in [3.63, 3.8) is 0 Å². The van der Waals surface area contributed by atoms with Gasteiger partial charge in [0, 0.05) is 0 Å². The van der Waals surface area contributed by atoms with Crippen LogP contribution in [0.3, 0.4) is 0 Å². The molecule has 2 aromatic carbocycles. The fourth-order valence-electron chi connectivity index (χ4n) is 2.43. The van der Waals surface area contributed by atoms with E-state index < -0.39 is 18.0 Å². The van der Waals surface area contributed by atoms with Crippen LogP contribution in [0, 0.1) is 11.3 Å². The molecule has 0 bridgehead atoms. The summed E-state index contributed by atoms with van der Waals surface area (Å²) in [5.41, 5.74) is 1.69. The number of ether oxygens (including phenoxy) is 2. The summed E-state index contributed by atoms with van der Waals surface area (Å²) < 4.78 is 10.7. The van der Waals surface area contributed by atoms with Gasteiger partial charge in [-0.15, -0.1) is 0 Å². The number of carbonyl (C=O) groups is 2. The Hall–Kier alpha value is -3.33. The van der Waals surface area contributed by atoms with E-state index in [1.54, 1.807) is 30.3 Å². The lowest BCUT2D eigenvalue weighted by molar-refractivity contribution is -0.155. The highest BCUT2D eigenvalue weighted by Gasteiger charge is 2.19. The van der Waals surface area contributed by atoms with E-state index in [9.17, 15) is 9.59 Å². The van der Waals surface area contributed by atoms with Gasteiger partial charge < -0.3 is 14.8 Å². The Morgan fingerprint density at radius 3 is 2.44 bits per heavy atom. The molecular weight excluding hydrogens is 344 g/mol. The summed E-state index contributed by atoms with van der Waals surface area (Å²) in [5, 5.41) is 11.6. The van der Waals surface area contributed by atoms with Gasteiger partial charge in [0.2, 0.25) is 0 Å². The molecule has 2 aromatic rings. The van der Waals surface area contributed by atoms with Gasteiger partial charge >= 0.3 is 5.97 Å². The average Bonchev–Trinajstić information content (AvgIpc) is 2.66. The summed E-state index contributed by atoms with van der Waals surface area (Å²) in [7, 11) is 0. The molecule has 0 radical (unpaired) electrons. The van der Waals surface area contributed by atoms with E-state index in [0.717, 1.165) is 5.56 Å². The predicted octanol–water partition coefficient (Wildman–Crippen LogP) is 3.63. The summed E-state index contributed by atoms with van der Waals surface area (Å²) in [4.78, 5) is 24.2. The first-order valence-corrected chi connectivity index (χ1v) is 8.63. The number of benzene rings is 2. The molecule has 27 heavy (non-hydrogen) atoms. The topological polar surface area (TPSA) is 88.4 Å². The molecule has 1 atom stereocenters. The van der Waals surface area contributed by atoms with Gasteiger partial charge in [-0.2, -0.15) is 5.26 Å². The van der Waals surface area contributed by atoms with E-state index in [4.69, 9.17) is 14.7 Å². The van der Waals surface area contributed by atoms with E-state index in [0.29, 0.717) is 17.0 Å². The predicted molar refractivity (Wildman–Crippen MR) is 101 cm³/mol. The van der Waals surface area contributed by atoms with E-state index in [-0.39, 0.29) is 12.5 Å². The van der Waals surface area contributed by atoms with Crippen molar-refractivity contribution in [1.29, 1.82) is 5.26 Å². The van der Waals surface area contributed by atoms with Crippen molar-refractivity contribution in [2.45, 2.75) is 32.8 Å². The van der Waals surface area contributed by atoms with Gasteiger partial charge in [-0.05, 0) is 36.6 Å². The maximum absolute atomic E-state index is 12.2. The number of para-hydroxylation sites is 2. The summed E-state index contributed by atoms with van der Waals surface area (Å²) in [6, 6.07) is 16.1. The lowest BCUT2D eigenvalue weighted by Gasteiger charge is -2.16. The van der Waals surface area contributed by atoms with E-state index in [1.807, 2.05) is 38.1 Å². The highest BCUT2D eigenvalue weighted by molar-refractivity contribution is 5.96. The third-order valence-electron chi connectivity index (χ3n) is 3.87. The van der Waals surface area contributed by atoms with Crippen LogP contribution in [0.2, 0.25) is 0 Å². The maximum Gasteiger partial charge on any atom is 0.344 e. The lowest BCUT2D eigenvalue weighted by Crippen LogP contribution is -2.32. The highest BCUT2D eigenvalue weighted by atomic mass is 16.6. The van der Waals surface area contributed by atoms with Crippen LogP contribution in [0.5, 0.6) is 5.75 Å². The first-order valence-electron chi connectivity index (χ1n) is 8.63. The molecule has 0 heterocycles. The smallest absolute Gasteiger partial charge is 0.344 e. The molecule has 0 unspecified atom stereocenters. The number of carbonyl (C=O) groups excluding carboxylic acids is 2. The zero-order valence-corrected chi connectivity index (χ0v) is 15.6. The molecule has 6 heteroatoms. The Balaban J connectivity index is 1.90. The summed E-state index contributed by atoms with van der Waals surface area (Å²) >= 11 is 0. The molecule has 0 spiro atoms. The van der Waals surface area contributed by atoms with E-state index in [2.05, 4.69) is 5.32 Å². The van der Waals surface area contributed by atoms with Crippen molar-refractivity contribution in [2.75, 3.05) is 11.9 Å². The Labute approximate surface area is 158 Å². The van der Waals surface area contributed by atoms with Gasteiger partial charge in [-0.3, -0.25) is 4.79 Å². The van der Waals surface area contributed by atoms with Gasteiger partial charge in [-0.1, -0.05) is 44.2 Å². The van der Waals surface area contributed by atoms with Crippen molar-refractivity contribution in [3.8, 4) is 11.8 Å². The molecule has 6 nitrogen and oxygen atoms in total. The third-order valence-corrected chi connectivity index (χ3v) is 3.87. The van der Waals surface area contributed by atoms with Crippen LogP contribution in [0.25, 0.3) is 0 Å². The monoisotopic (exact) mass is 366 g/mol. The second-order valence-electron chi connectivity index (χ2n) is 6.26. The number of amides is 1. The number of rotatable bonds is 7. The zero-order chi connectivity index (χ0) is 19.8. The quantitative estimate of drug-likeness (QED) is 0.756. The third kappa shape index (κ3) is 5.58. The van der Waals surface area contributed by atoms with E-state index >= 15 is 0 Å². The Kier molecular flexibility index (Phi) is 6.95. The first-order chi connectivity index (χ1) is 12.9. The molecule has 0 fully saturated rings. The number of nitrogens with zero attached hydrogens (tertiary/aromatic N) is 1. The van der Waals surface area contributed by atoms with Crippen molar-refractivity contribution in [2.24, 2.45) is 0 Å². The van der Waals surface area contributed by atoms with E-state index in [1.165, 1.54) is 6.92 Å². The fourth-order valence-corrected chi connectivity index (χ4v) is 2.43. The summed E-state index contributed by atoms with van der Waals surface area (Å²) in [6.07, 6.45) is -1.02. The molecule has 0 aliphatic rings. The minimum absolute atomic E-state index is 0.252. The minimum atomic E-state index is -1.02. The van der Waals surface area contributed by atoms with Gasteiger partial charge in [0.1, 0.15) is 11.8 Å². The van der Waals surface area contributed by atoms with Crippen molar-refractivity contribution in [3.05, 3.63) is 59.7 Å². The van der Waals surface area contributed by atoms with Crippen molar-refractivity contribution < 1.29 is 19.1 Å². The molecule has 140 valence electrons. The number of nitriles is 1. The highest BCUT2D eigenvalue weighted by Crippen LogP contribution is 2.25. The fraction of sp³-hybridized carbons (Fsp3) is 0.286. The van der Waals surface area contributed by atoms with Crippen LogP contribution < -0.4 is 10.1 Å². The second-order valence-corrected chi connectivity index (χ2v) is 6.26. The lowest BCUT2D eigenvalue weighted by atomic mass is 10.0. The normalized spacial score (nSPS) is 11.4. The Morgan fingerprint density at radius 2 is 1.74 bits per heavy atom. The van der Waals surface area contributed by atoms with Crippen LogP contribution in [-0.2, 0) is 14.3 Å². The van der Waals surface area contributed by atoms with Gasteiger partial charge in [0.05, 0.1) is 11.3 Å². The zero-order valence-electron chi connectivity index (χ0n) is 15.6. The van der Waals surface area contributed by atoms with Crippen LogP contribution in [0.15, 0.2) is 48.5 Å². The molecule has 2 rings (SSSR count). The number of hydrogen-bond acceptors (Lipinski definition) is 5. The van der Waals surface area contributed by atoms with Gasteiger partial charge in [-0.25, -0.2) is 4.79 Å². The van der Waals surface area contributed by atoms with Gasteiger partial charge in [0.15, 0.2) is 12.7 Å². The molecular formula is C21H22N2O4. The molecule has 0 saturated heterocycles. The molecule has 1 N–H and O–H groups in total. The molecule has 0 aliphatic heterocycles. The Bertz CT molecular complexity index is 855. The van der Waals surface area contributed by atoms with Crippen molar-refractivity contribution in [1.82, 2.24) is 0 Å². The molecule has 0 aromatic heterocycles. The van der Waals surface area contributed by atoms with Gasteiger partial charge in [0.25, 0.3) is 5.91 Å². The Morgan fingerprint density at radius 1 is 1.07 bits per heavy atom. The summed E-state index contributed by atoms with van der Waals surface area (Å²) in [5.74, 6) is -0.301. The maximum atomic E-state index is 12.2. The minimum Gasteiger partial charge on any atom is -0.482 e. The number of anilines is 1.